The number of rotatable bonds is 12. The second-order valence-electron chi connectivity index (χ2n) is 14.7. The molecular weight excluding hydrogens is 624 g/mol. The molecule has 1 aliphatic heterocycles. The first-order chi connectivity index (χ1) is 22.4. The quantitative estimate of drug-likeness (QED) is 0.176. The van der Waals surface area contributed by atoms with Crippen molar-refractivity contribution in [3.63, 3.8) is 0 Å². The zero-order chi connectivity index (χ0) is 35.7. The number of methoxy groups -OCH3 is 1. The smallest absolute Gasteiger partial charge is 0.303 e. The van der Waals surface area contributed by atoms with Crippen molar-refractivity contribution in [1.82, 2.24) is 0 Å². The average molecular weight is 681 g/mol. The third-order valence-electron chi connectivity index (χ3n) is 10.8. The third kappa shape index (κ3) is 7.91. The number of esters is 2. The van der Waals surface area contributed by atoms with Crippen LogP contribution >= 0.6 is 0 Å². The van der Waals surface area contributed by atoms with Gasteiger partial charge < -0.3 is 48.8 Å². The molecule has 0 radical (unpaired) electrons. The standard InChI is InChI=1S/C36H56O12/c1-10-35(6,7)45-17-26-30(41)33(46-21(5)38)31(42)34(47-26)48-32-28-24(18(2)15-44-20(4)37)13-27(39)36(28,8)14-25-22(16-43-9)11-12-23(25)19(3)29(32)40/h10,14,18-19,22-23,26-27,29-34,39-42H,1,11-13,15-17H2,2-9H3/t18-,19+,22+,23+,26+,27+,29+,30+,31+,32-,33-,34-,36-/m1/s1. The Labute approximate surface area is 284 Å². The molecule has 1 heterocycles. The average Bonchev–Trinajstić information content (AvgIpc) is 3.52. The fourth-order valence-corrected chi connectivity index (χ4v) is 7.88. The van der Waals surface area contributed by atoms with Gasteiger partial charge in [0.25, 0.3) is 0 Å². The van der Waals surface area contributed by atoms with E-state index in [0.29, 0.717) is 12.2 Å². The molecule has 0 spiro atoms. The molecule has 3 aliphatic carbocycles. The van der Waals surface area contributed by atoms with Gasteiger partial charge in [-0.1, -0.05) is 37.1 Å². The minimum absolute atomic E-state index is 0.0190. The van der Waals surface area contributed by atoms with Gasteiger partial charge in [-0.3, -0.25) is 9.59 Å². The Bertz CT molecular complexity index is 1240. The van der Waals surface area contributed by atoms with Crippen LogP contribution in [0.4, 0.5) is 0 Å². The molecule has 0 aromatic rings. The van der Waals surface area contributed by atoms with Crippen LogP contribution in [-0.4, -0.2) is 114 Å². The SMILES string of the molecule is C=CC(C)(C)OC[C@@H]1O[C@H](O[C@@H]2C3=C([C@H](C)COC(C)=O)C[C@H](O)[C@@]3(C)C=C3[C@H](COC)CC[C@H]3[C@H](C)[C@@H]2O)[C@@H](O)[C@H](OC(C)=O)[C@H]1O. The first kappa shape index (κ1) is 38.6. The van der Waals surface area contributed by atoms with Gasteiger partial charge >= 0.3 is 11.9 Å². The van der Waals surface area contributed by atoms with E-state index in [-0.39, 0.29) is 43.3 Å². The molecule has 0 aromatic heterocycles. The molecule has 12 nitrogen and oxygen atoms in total. The van der Waals surface area contributed by atoms with E-state index >= 15 is 0 Å². The second kappa shape index (κ2) is 15.4. The summed E-state index contributed by atoms with van der Waals surface area (Å²) in [6, 6.07) is 0. The van der Waals surface area contributed by atoms with E-state index in [2.05, 4.69) is 12.7 Å². The highest BCUT2D eigenvalue weighted by atomic mass is 16.7. The molecule has 1 saturated carbocycles. The maximum absolute atomic E-state index is 12.3. The van der Waals surface area contributed by atoms with Crippen molar-refractivity contribution in [2.45, 2.75) is 122 Å². The number of aliphatic hydroxyl groups is 4. The van der Waals surface area contributed by atoms with Crippen LogP contribution in [-0.2, 0) is 38.0 Å². The molecule has 2 fully saturated rings. The summed E-state index contributed by atoms with van der Waals surface area (Å²) >= 11 is 0. The van der Waals surface area contributed by atoms with Crippen LogP contribution < -0.4 is 0 Å². The van der Waals surface area contributed by atoms with Gasteiger partial charge in [0.15, 0.2) is 12.4 Å². The summed E-state index contributed by atoms with van der Waals surface area (Å²) in [4.78, 5) is 23.8. The molecule has 12 heteroatoms. The molecule has 0 aromatic carbocycles. The molecular formula is C36H56O12. The highest BCUT2D eigenvalue weighted by Crippen LogP contribution is 2.56. The molecule has 1 saturated heterocycles. The Morgan fingerprint density at radius 1 is 1.10 bits per heavy atom. The van der Waals surface area contributed by atoms with Crippen molar-refractivity contribution >= 4 is 11.9 Å². The van der Waals surface area contributed by atoms with Gasteiger partial charge in [-0.05, 0) is 57.4 Å². The number of aliphatic hydroxyl groups excluding tert-OH is 4. The zero-order valence-electron chi connectivity index (χ0n) is 29.6. The van der Waals surface area contributed by atoms with E-state index < -0.39 is 72.0 Å². The van der Waals surface area contributed by atoms with E-state index in [0.717, 1.165) is 24.0 Å². The second-order valence-corrected chi connectivity index (χ2v) is 14.7. The third-order valence-corrected chi connectivity index (χ3v) is 10.8. The van der Waals surface area contributed by atoms with Crippen LogP contribution in [0.5, 0.6) is 0 Å². The lowest BCUT2D eigenvalue weighted by Crippen LogP contribution is -2.62. The van der Waals surface area contributed by atoms with E-state index in [1.165, 1.54) is 13.8 Å². The summed E-state index contributed by atoms with van der Waals surface area (Å²) in [6.45, 7) is 16.0. The minimum atomic E-state index is -1.63. The van der Waals surface area contributed by atoms with E-state index in [1.54, 1.807) is 27.0 Å². The molecule has 13 atom stereocenters. The number of ether oxygens (including phenoxy) is 6. The number of carbonyl (C=O) groups excluding carboxylic acids is 2. The van der Waals surface area contributed by atoms with Crippen LogP contribution in [0.3, 0.4) is 0 Å². The Balaban J connectivity index is 1.82. The van der Waals surface area contributed by atoms with Crippen molar-refractivity contribution in [2.24, 2.45) is 29.1 Å². The van der Waals surface area contributed by atoms with Crippen LogP contribution in [0.25, 0.3) is 0 Å². The highest BCUT2D eigenvalue weighted by Gasteiger charge is 2.56. The number of carbonyl (C=O) groups is 2. The Hall–Kier alpha value is -2.16. The number of hydrogen-bond donors (Lipinski definition) is 4. The Morgan fingerprint density at radius 2 is 1.79 bits per heavy atom. The fraction of sp³-hybridized carbons (Fsp3) is 0.778. The van der Waals surface area contributed by atoms with Crippen molar-refractivity contribution in [1.29, 1.82) is 0 Å². The van der Waals surface area contributed by atoms with E-state index in [4.69, 9.17) is 28.4 Å². The maximum Gasteiger partial charge on any atom is 0.303 e. The highest BCUT2D eigenvalue weighted by molar-refractivity contribution is 5.66. The lowest BCUT2D eigenvalue weighted by atomic mass is 9.68. The Kier molecular flexibility index (Phi) is 12.4. The topological polar surface area (TPSA) is 170 Å². The van der Waals surface area contributed by atoms with Crippen molar-refractivity contribution in [3.05, 3.63) is 35.5 Å². The lowest BCUT2D eigenvalue weighted by molar-refractivity contribution is -0.320. The summed E-state index contributed by atoms with van der Waals surface area (Å²) in [7, 11) is 1.66. The molecule has 0 amide bonds. The van der Waals surface area contributed by atoms with Crippen molar-refractivity contribution < 1.29 is 58.4 Å². The molecule has 0 bridgehead atoms. The summed E-state index contributed by atoms with van der Waals surface area (Å²) in [5.41, 5.74) is 0.746. The van der Waals surface area contributed by atoms with E-state index in [9.17, 15) is 30.0 Å². The number of hydrogen-bond acceptors (Lipinski definition) is 12. The van der Waals surface area contributed by atoms with Crippen LogP contribution in [0.1, 0.15) is 67.7 Å². The predicted molar refractivity (Wildman–Crippen MR) is 174 cm³/mol. The van der Waals surface area contributed by atoms with Gasteiger partial charge in [0.1, 0.15) is 24.4 Å². The molecule has 0 unspecified atom stereocenters. The van der Waals surface area contributed by atoms with Gasteiger partial charge in [0, 0.05) is 38.2 Å². The first-order valence-corrected chi connectivity index (χ1v) is 17.0. The largest absolute Gasteiger partial charge is 0.465 e. The van der Waals surface area contributed by atoms with Crippen molar-refractivity contribution in [3.8, 4) is 0 Å². The normalized spacial score (nSPS) is 39.1. The van der Waals surface area contributed by atoms with Crippen molar-refractivity contribution in [2.75, 3.05) is 26.9 Å². The molecule has 48 heavy (non-hydrogen) atoms. The summed E-state index contributed by atoms with van der Waals surface area (Å²) in [5.74, 6) is -1.70. The fourth-order valence-electron chi connectivity index (χ4n) is 7.88. The van der Waals surface area contributed by atoms with Gasteiger partial charge in [0.2, 0.25) is 0 Å². The molecule has 4 rings (SSSR count). The van der Waals surface area contributed by atoms with Gasteiger partial charge in [-0.15, -0.1) is 6.58 Å². The maximum atomic E-state index is 12.3. The van der Waals surface area contributed by atoms with Gasteiger partial charge in [-0.25, -0.2) is 0 Å². The van der Waals surface area contributed by atoms with Gasteiger partial charge in [-0.2, -0.15) is 0 Å². The molecule has 272 valence electrons. The molecule has 4 aliphatic rings. The van der Waals surface area contributed by atoms with E-state index in [1.807, 2.05) is 20.8 Å². The summed E-state index contributed by atoms with van der Waals surface area (Å²) < 4.78 is 35.1. The monoisotopic (exact) mass is 680 g/mol. The first-order valence-electron chi connectivity index (χ1n) is 17.0. The van der Waals surface area contributed by atoms with Crippen LogP contribution in [0, 0.1) is 29.1 Å². The van der Waals surface area contributed by atoms with Gasteiger partial charge in [0.05, 0.1) is 37.6 Å². The predicted octanol–water partition coefficient (Wildman–Crippen LogP) is 2.61. The summed E-state index contributed by atoms with van der Waals surface area (Å²) in [5, 5.41) is 46.7. The lowest BCUT2D eigenvalue weighted by Gasteiger charge is -2.47. The summed E-state index contributed by atoms with van der Waals surface area (Å²) in [6.07, 6.45) is -4.54. The molecule has 4 N–H and O–H groups in total. The van der Waals surface area contributed by atoms with Crippen LogP contribution in [0.15, 0.2) is 35.5 Å². The number of fused-ring (bicyclic) bond motifs is 2. The zero-order valence-corrected chi connectivity index (χ0v) is 29.6. The minimum Gasteiger partial charge on any atom is -0.465 e. The Morgan fingerprint density at radius 3 is 2.40 bits per heavy atom. The van der Waals surface area contributed by atoms with Crippen LogP contribution in [0.2, 0.25) is 0 Å².